The first-order chi connectivity index (χ1) is 26.3. The minimum Gasteiger partial charge on any atom is -0.336 e. The molecule has 4 aromatic heterocycles. The van der Waals surface area contributed by atoms with Gasteiger partial charge in [-0.2, -0.15) is 0 Å². The summed E-state index contributed by atoms with van der Waals surface area (Å²) in [7, 11) is 16.6. The number of rotatable bonds is 4. The summed E-state index contributed by atoms with van der Waals surface area (Å²) >= 11 is 61.2. The smallest absolute Gasteiger partial charge is 0.336 e. The Bertz CT molecular complexity index is 2040. The molecule has 0 aromatic carbocycles. The quantitative estimate of drug-likeness (QED) is 0.162. The van der Waals surface area contributed by atoms with E-state index in [-0.39, 0.29) is 17.9 Å². The molecule has 0 N–H and O–H groups in total. The zero-order valence-corrected chi connectivity index (χ0v) is 39.1. The molecule has 0 radical (unpaired) electrons. The van der Waals surface area contributed by atoms with Gasteiger partial charge in [-0.25, -0.2) is 41.8 Å². The summed E-state index contributed by atoms with van der Waals surface area (Å²) in [4.78, 5) is 0. The van der Waals surface area contributed by atoms with Crippen LogP contribution in [0.1, 0.15) is 0 Å². The average Bonchev–Trinajstić information content (AvgIpc) is 3.55. The van der Waals surface area contributed by atoms with Crippen LogP contribution in [0.15, 0.2) is 144 Å². The van der Waals surface area contributed by atoms with Crippen LogP contribution in [0.2, 0.25) is 0 Å². The Morgan fingerprint density at radius 3 is 0.737 bits per heavy atom. The third-order valence-electron chi connectivity index (χ3n) is 13.0. The first-order valence-electron chi connectivity index (χ1n) is 18.9. The Kier molecular flexibility index (Phi) is 9.54. The Morgan fingerprint density at radius 2 is 0.561 bits per heavy atom. The third kappa shape index (κ3) is 5.86. The van der Waals surface area contributed by atoms with Crippen LogP contribution in [-0.2, 0) is 0 Å². The van der Waals surface area contributed by atoms with Crippen molar-refractivity contribution in [3.8, 4) is 0 Å². The molecule has 0 unspecified atom stereocenters. The van der Waals surface area contributed by atoms with Gasteiger partial charge < -0.3 is 17.9 Å². The summed E-state index contributed by atoms with van der Waals surface area (Å²) in [6, 6.07) is 23.8. The van der Waals surface area contributed by atoms with Crippen molar-refractivity contribution in [2.75, 3.05) is 56.4 Å². The average molecular weight is 926 g/mol. The van der Waals surface area contributed by atoms with Crippen LogP contribution < -0.4 is 35.8 Å². The summed E-state index contributed by atoms with van der Waals surface area (Å²) in [5, 5.41) is -9.67. The van der Waals surface area contributed by atoms with Gasteiger partial charge in [0.15, 0.2) is 0 Å². The van der Waals surface area contributed by atoms with E-state index in [0.717, 1.165) is 45.7 Å². The zero-order chi connectivity index (χ0) is 41.6. The number of nitrogens with zero attached hydrogens (tertiary/aromatic N) is 8. The van der Waals surface area contributed by atoms with E-state index in [4.69, 9.17) is 91.7 Å². The number of fused-ring (bicyclic) bond motifs is 4. The number of quaternary nitrogens is 4. The summed E-state index contributed by atoms with van der Waals surface area (Å²) in [5.41, 5.74) is 2.93. The maximum absolute atomic E-state index is 7.65. The van der Waals surface area contributed by atoms with Crippen molar-refractivity contribution in [2.45, 2.75) is 0 Å². The van der Waals surface area contributed by atoms with Crippen molar-refractivity contribution in [3.63, 3.8) is 0 Å². The number of aromatic nitrogens is 4. The van der Waals surface area contributed by atoms with Crippen molar-refractivity contribution in [2.24, 2.45) is 0 Å². The van der Waals surface area contributed by atoms with Gasteiger partial charge in [-0.3, -0.25) is 91.7 Å². The number of pyridine rings is 4. The van der Waals surface area contributed by atoms with E-state index in [1.807, 2.05) is 115 Å². The molecular weight excluding hydrogens is 882 g/mol. The largest absolute Gasteiger partial charge is 0.525 e. The van der Waals surface area contributed by atoms with Gasteiger partial charge in [0.1, 0.15) is 24.8 Å². The summed E-state index contributed by atoms with van der Waals surface area (Å²) in [5.74, 6) is 12.3. The third-order valence-corrected chi connectivity index (χ3v) is 16.5. The Balaban J connectivity index is 1.57. The van der Waals surface area contributed by atoms with E-state index in [2.05, 4.69) is 80.3 Å². The van der Waals surface area contributed by atoms with Crippen molar-refractivity contribution >= 4 is 142 Å². The van der Waals surface area contributed by atoms with E-state index < -0.39 is 26.6 Å². The van der Waals surface area contributed by atoms with Gasteiger partial charge in [-0.05, 0) is 48.5 Å². The lowest BCUT2D eigenvalue weighted by molar-refractivity contribution is -0.521. The second-order valence-corrected chi connectivity index (χ2v) is 23.6. The molecule has 4 aliphatic rings. The molecule has 4 aromatic rings. The highest BCUT2D eigenvalue weighted by Crippen LogP contribution is 2.47. The fourth-order valence-electron chi connectivity index (χ4n) is 10.1. The monoisotopic (exact) mass is 923 g/mol. The second kappa shape index (κ2) is 13.0. The fourth-order valence-corrected chi connectivity index (χ4v) is 14.0. The molecule has 4 aliphatic heterocycles. The Hall–Kier alpha value is -1.96. The summed E-state index contributed by atoms with van der Waals surface area (Å²) in [6.07, 6.45) is 5.29. The standard InChI is InChI=1S/C36H44B5Cl8N8/c1-54(2)29(38(42,43)50-21-13-9-17-33(50)54)25-37(26-30-39(44,45)51-22-14-10-18-34(51)55(30,3)4,27-31-40(46,47)52-23-15-11-19-35(52)56(31,5)6)28-32-41(48,49)53-24-16-12-20-36(53)57(32,7)8/h9-28H,1-8H3/q+3/b29-25+,30-26+,31-27+,32-28+. The van der Waals surface area contributed by atoms with Gasteiger partial charge in [0, 0.05) is 22.4 Å². The van der Waals surface area contributed by atoms with Crippen LogP contribution in [0.5, 0.6) is 0 Å². The maximum atomic E-state index is 7.65. The molecule has 0 amide bonds. The van der Waals surface area contributed by atoms with Crippen molar-refractivity contribution < 1.29 is 17.9 Å². The van der Waals surface area contributed by atoms with Gasteiger partial charge in [-0.1, -0.05) is 0 Å². The number of hydrogen-bond donors (Lipinski definition) is 0. The highest BCUT2D eigenvalue weighted by molar-refractivity contribution is 7.47. The molecule has 0 saturated heterocycles. The van der Waals surface area contributed by atoms with E-state index in [1.165, 1.54) is 0 Å². The van der Waals surface area contributed by atoms with Crippen molar-refractivity contribution in [3.05, 3.63) is 144 Å². The topological polar surface area (TPSA) is 15.5 Å². The predicted molar refractivity (Wildman–Crippen MR) is 251 cm³/mol. The molecular formula is C36H44B5Cl8N8+3. The van der Waals surface area contributed by atoms with Crippen LogP contribution in [-0.4, -0.2) is 83.0 Å². The lowest BCUT2D eigenvalue weighted by Gasteiger charge is -2.40. The minimum absolute atomic E-state index is 0.245. The molecule has 296 valence electrons. The normalized spacial score (nSPS) is 26.1. The highest BCUT2D eigenvalue weighted by Gasteiger charge is 2.62. The number of halogens is 8. The fraction of sp³-hybridized carbons (Fsp3) is 0.222. The Labute approximate surface area is 374 Å². The van der Waals surface area contributed by atoms with Crippen LogP contribution in [0, 0.1) is 0 Å². The number of hydrogen-bond acceptors (Lipinski definition) is 0. The SMILES string of the molecule is C[N+]1(C)/C(=C/[B-](/C=C2\[B-](Cl)(Cl)[n+]3ccccc3[N+]2(C)C)(/C=C2\[B-](Cl)(Cl)[n+]3ccccc3[N+]2(C)C)/C=C2\[B-](Cl)(Cl)[n+]3ccccc3[N+]2(C)C)[B-](Cl)(Cl)[n+]2ccccc21. The molecule has 0 fully saturated rings. The molecule has 21 heteroatoms. The molecule has 8 rings (SSSR count). The second-order valence-electron chi connectivity index (χ2n) is 17.7. The molecule has 8 nitrogen and oxygen atoms in total. The van der Waals surface area contributed by atoms with Gasteiger partial charge in [0.25, 0.3) is 0 Å². The van der Waals surface area contributed by atoms with Crippen molar-refractivity contribution in [1.82, 2.24) is 17.9 Å². The van der Waals surface area contributed by atoms with E-state index in [9.17, 15) is 0 Å². The van der Waals surface area contributed by atoms with Gasteiger partial charge in [0.05, 0.1) is 86.8 Å². The lowest BCUT2D eigenvalue weighted by atomic mass is 9.22. The minimum atomic E-state index is -2.42. The first-order valence-corrected chi connectivity index (χ1v) is 22.4. The molecule has 0 bridgehead atoms. The predicted octanol–water partition coefficient (Wildman–Crippen LogP) is 6.62. The first kappa shape index (κ1) is 41.8. The summed E-state index contributed by atoms with van der Waals surface area (Å²) in [6.45, 7) is 0. The van der Waals surface area contributed by atoms with Crippen molar-refractivity contribution in [1.29, 1.82) is 0 Å². The van der Waals surface area contributed by atoms with E-state index in [1.54, 1.807) is 0 Å². The molecule has 8 heterocycles. The van der Waals surface area contributed by atoms with Gasteiger partial charge in [0.2, 0.25) is 0 Å². The summed E-state index contributed by atoms with van der Waals surface area (Å²) < 4.78 is 8.75. The van der Waals surface area contributed by atoms with Gasteiger partial charge >= 0.3 is 43.7 Å². The Morgan fingerprint density at radius 1 is 0.368 bits per heavy atom. The molecule has 0 atom stereocenters. The van der Waals surface area contributed by atoms with Crippen LogP contribution in [0.3, 0.4) is 0 Å². The van der Waals surface area contributed by atoms with E-state index >= 15 is 0 Å². The van der Waals surface area contributed by atoms with Crippen LogP contribution in [0.25, 0.3) is 0 Å². The maximum Gasteiger partial charge on any atom is 0.525 e. The van der Waals surface area contributed by atoms with Crippen LogP contribution >= 0.6 is 91.7 Å². The molecule has 0 spiro atoms. The molecule has 0 saturated carbocycles. The molecule has 57 heavy (non-hydrogen) atoms. The lowest BCUT2D eigenvalue weighted by Crippen LogP contribution is -2.57. The highest BCUT2D eigenvalue weighted by atomic mass is 35.5. The zero-order valence-electron chi connectivity index (χ0n) is 33.0. The van der Waals surface area contributed by atoms with Gasteiger partial charge in [-0.15, -0.1) is 0 Å². The molecule has 0 aliphatic carbocycles. The van der Waals surface area contributed by atoms with Crippen LogP contribution in [0.4, 0.5) is 23.3 Å². The van der Waals surface area contributed by atoms with E-state index in [0.29, 0.717) is 0 Å².